The van der Waals surface area contributed by atoms with Crippen molar-refractivity contribution < 1.29 is 17.6 Å². The van der Waals surface area contributed by atoms with Crippen LogP contribution in [0, 0.1) is 5.82 Å². The normalized spacial score (nSPS) is 18.1. The van der Waals surface area contributed by atoms with Crippen LogP contribution in [-0.2, 0) is 14.8 Å². The van der Waals surface area contributed by atoms with E-state index in [1.54, 1.807) is 36.4 Å². The van der Waals surface area contributed by atoms with Crippen LogP contribution in [0.1, 0.15) is 24.9 Å². The summed E-state index contributed by atoms with van der Waals surface area (Å²) in [5.74, 6) is -0.973. The smallest absolute Gasteiger partial charge is 0.250 e. The maximum Gasteiger partial charge on any atom is 0.250 e. The van der Waals surface area contributed by atoms with E-state index < -0.39 is 27.8 Å². The van der Waals surface area contributed by atoms with E-state index in [-0.39, 0.29) is 28.9 Å². The molecule has 0 spiro atoms. The van der Waals surface area contributed by atoms with E-state index in [2.05, 4.69) is 4.72 Å². The largest absolute Gasteiger partial charge is 0.308 e. The van der Waals surface area contributed by atoms with Crippen LogP contribution in [0.5, 0.6) is 0 Å². The van der Waals surface area contributed by atoms with E-state index in [0.29, 0.717) is 5.02 Å². The van der Waals surface area contributed by atoms with Gasteiger partial charge in [-0.2, -0.15) is 4.72 Å². The lowest BCUT2D eigenvalue weighted by molar-refractivity contribution is -0.118. The lowest BCUT2D eigenvalue weighted by atomic mass is 10.1. The van der Waals surface area contributed by atoms with Crippen LogP contribution in [0.25, 0.3) is 10.1 Å². The number of rotatable bonds is 6. The molecule has 0 bridgehead atoms. The van der Waals surface area contributed by atoms with Crippen molar-refractivity contribution in [1.82, 2.24) is 9.62 Å². The number of amides is 1. The lowest BCUT2D eigenvalue weighted by Gasteiger charge is -2.22. The summed E-state index contributed by atoms with van der Waals surface area (Å²) in [6.07, 6.45) is 0.254. The van der Waals surface area contributed by atoms with Gasteiger partial charge in [0.05, 0.1) is 5.69 Å². The first kappa shape index (κ1) is 23.1. The first-order chi connectivity index (χ1) is 15.1. The van der Waals surface area contributed by atoms with E-state index >= 15 is 0 Å². The lowest BCUT2D eigenvalue weighted by Crippen LogP contribution is -2.41. The molecule has 1 aromatic heterocycles. The monoisotopic (exact) mass is 495 g/mol. The second-order valence-corrected chi connectivity index (χ2v) is 11.5. The van der Waals surface area contributed by atoms with Gasteiger partial charge in [-0.3, -0.25) is 4.79 Å². The molecular formula is C22H23ClFN3O3S2. The molecule has 2 atom stereocenters. The van der Waals surface area contributed by atoms with Gasteiger partial charge in [0.25, 0.3) is 10.0 Å². The number of benzene rings is 2. The fourth-order valence-electron chi connectivity index (χ4n) is 3.69. The summed E-state index contributed by atoms with van der Waals surface area (Å²) in [5, 5.41) is 1.28. The molecule has 32 heavy (non-hydrogen) atoms. The van der Waals surface area contributed by atoms with Gasteiger partial charge in [0.2, 0.25) is 5.91 Å². The number of sulfonamides is 1. The molecule has 6 nitrogen and oxygen atoms in total. The van der Waals surface area contributed by atoms with Gasteiger partial charge < -0.3 is 9.80 Å². The molecule has 1 N–H and O–H groups in total. The van der Waals surface area contributed by atoms with E-state index in [1.165, 1.54) is 11.0 Å². The molecule has 1 unspecified atom stereocenters. The molecule has 1 aliphatic heterocycles. The minimum atomic E-state index is -3.92. The molecule has 0 aliphatic carbocycles. The highest BCUT2D eigenvalue weighted by molar-refractivity contribution is 7.91. The van der Waals surface area contributed by atoms with Crippen LogP contribution in [0.2, 0.25) is 5.02 Å². The van der Waals surface area contributed by atoms with Crippen LogP contribution >= 0.6 is 22.9 Å². The molecule has 1 aliphatic rings. The summed E-state index contributed by atoms with van der Waals surface area (Å²) >= 11 is 7.07. The number of thiophene rings is 1. The number of nitrogens with one attached hydrogen (secondary N) is 1. The molecule has 1 fully saturated rings. The second-order valence-electron chi connectivity index (χ2n) is 8.05. The Morgan fingerprint density at radius 2 is 1.97 bits per heavy atom. The fourth-order valence-corrected chi connectivity index (χ4v) is 6.60. The summed E-state index contributed by atoms with van der Waals surface area (Å²) in [6, 6.07) is 10.6. The molecule has 0 radical (unpaired) electrons. The summed E-state index contributed by atoms with van der Waals surface area (Å²) in [4.78, 5) is 16.2. The van der Waals surface area contributed by atoms with Crippen molar-refractivity contribution in [3.05, 3.63) is 58.9 Å². The highest BCUT2D eigenvalue weighted by Crippen LogP contribution is 2.32. The number of carbonyl (C=O) groups excluding carboxylic acids is 1. The van der Waals surface area contributed by atoms with Gasteiger partial charge in [-0.05, 0) is 68.7 Å². The average Bonchev–Trinajstić information content (AvgIpc) is 3.31. The zero-order valence-corrected chi connectivity index (χ0v) is 20.2. The van der Waals surface area contributed by atoms with Crippen molar-refractivity contribution in [2.75, 3.05) is 25.5 Å². The number of nitrogens with zero attached hydrogens (tertiary/aromatic N) is 2. The maximum absolute atomic E-state index is 14.8. The second kappa shape index (κ2) is 8.72. The van der Waals surface area contributed by atoms with Crippen LogP contribution in [0.3, 0.4) is 0 Å². The third kappa shape index (κ3) is 4.40. The van der Waals surface area contributed by atoms with Crippen molar-refractivity contribution in [3.63, 3.8) is 0 Å². The highest BCUT2D eigenvalue weighted by atomic mass is 35.5. The third-order valence-electron chi connectivity index (χ3n) is 5.75. The summed E-state index contributed by atoms with van der Waals surface area (Å²) in [7, 11) is -0.106. The quantitative estimate of drug-likeness (QED) is 0.550. The van der Waals surface area contributed by atoms with Crippen molar-refractivity contribution in [2.24, 2.45) is 0 Å². The number of hydrogen-bond acceptors (Lipinski definition) is 5. The van der Waals surface area contributed by atoms with Crippen LogP contribution in [0.4, 0.5) is 10.1 Å². The zero-order valence-electron chi connectivity index (χ0n) is 17.8. The average molecular weight is 496 g/mol. The van der Waals surface area contributed by atoms with E-state index in [1.807, 2.05) is 25.9 Å². The first-order valence-corrected chi connectivity index (χ1v) is 12.7. The Morgan fingerprint density at radius 1 is 1.22 bits per heavy atom. The Morgan fingerprint density at radius 3 is 2.66 bits per heavy atom. The van der Waals surface area contributed by atoms with Crippen LogP contribution in [-0.4, -0.2) is 45.9 Å². The minimum Gasteiger partial charge on any atom is -0.308 e. The predicted octanol–water partition coefficient (Wildman–Crippen LogP) is 4.40. The van der Waals surface area contributed by atoms with Crippen molar-refractivity contribution in [1.29, 1.82) is 0 Å². The Balaban J connectivity index is 1.53. The number of carbonyl (C=O) groups is 1. The van der Waals surface area contributed by atoms with Crippen molar-refractivity contribution in [3.8, 4) is 0 Å². The zero-order chi connectivity index (χ0) is 23.2. The SMILES string of the molecule is C[C@@H](c1ccc(N2CCC(NS(=O)(=O)c3cc4ccc(Cl)cc4s3)C2=O)c(F)c1)N(C)C. The van der Waals surface area contributed by atoms with Gasteiger partial charge in [-0.15, -0.1) is 11.3 Å². The number of halogens is 2. The number of fused-ring (bicyclic) bond motifs is 1. The molecule has 0 saturated carbocycles. The molecule has 170 valence electrons. The molecule has 2 heterocycles. The third-order valence-corrected chi connectivity index (χ3v) is 9.03. The Kier molecular flexibility index (Phi) is 6.30. The van der Waals surface area contributed by atoms with Crippen molar-refractivity contribution in [2.45, 2.75) is 29.6 Å². The maximum atomic E-state index is 14.8. The molecule has 3 aromatic rings. The van der Waals surface area contributed by atoms with E-state index in [4.69, 9.17) is 11.6 Å². The molecule has 1 saturated heterocycles. The topological polar surface area (TPSA) is 69.7 Å². The Hall–Kier alpha value is -2.04. The van der Waals surface area contributed by atoms with Gasteiger partial charge in [-0.25, -0.2) is 12.8 Å². The Bertz CT molecular complexity index is 1290. The summed E-state index contributed by atoms with van der Waals surface area (Å²) < 4.78 is 44.0. The van der Waals surface area contributed by atoms with E-state index in [9.17, 15) is 17.6 Å². The molecule has 2 aromatic carbocycles. The highest BCUT2D eigenvalue weighted by Gasteiger charge is 2.37. The predicted molar refractivity (Wildman–Crippen MR) is 126 cm³/mol. The van der Waals surface area contributed by atoms with Crippen LogP contribution < -0.4 is 9.62 Å². The van der Waals surface area contributed by atoms with Gasteiger partial charge in [0, 0.05) is 22.3 Å². The number of hydrogen-bond donors (Lipinski definition) is 1. The fraction of sp³-hybridized carbons (Fsp3) is 0.318. The van der Waals surface area contributed by atoms with Gasteiger partial charge in [0.1, 0.15) is 16.1 Å². The molecule has 10 heteroatoms. The summed E-state index contributed by atoms with van der Waals surface area (Å²) in [6.45, 7) is 2.19. The van der Waals surface area contributed by atoms with Crippen LogP contribution in [0.15, 0.2) is 46.7 Å². The molecular weight excluding hydrogens is 473 g/mol. The first-order valence-electron chi connectivity index (χ1n) is 10.1. The summed E-state index contributed by atoms with van der Waals surface area (Å²) in [5.41, 5.74) is 0.952. The standard InChI is InChI=1S/C22H23ClFN3O3S2/c1-13(26(2)3)14-5-7-19(17(24)10-14)27-9-8-18(22(27)28)25-32(29,30)21-11-15-4-6-16(23)12-20(15)31-21/h4-7,10-13,18,25H,8-9H2,1-3H3/t13-,18?/m0/s1. The van der Waals surface area contributed by atoms with Gasteiger partial charge in [0.15, 0.2) is 0 Å². The minimum absolute atomic E-state index is 0.0172. The number of anilines is 1. The van der Waals surface area contributed by atoms with E-state index in [0.717, 1.165) is 27.0 Å². The molecule has 4 rings (SSSR count). The van der Waals surface area contributed by atoms with Gasteiger partial charge >= 0.3 is 0 Å². The van der Waals surface area contributed by atoms with Gasteiger partial charge in [-0.1, -0.05) is 23.7 Å². The Labute approximate surface area is 195 Å². The van der Waals surface area contributed by atoms with Crippen molar-refractivity contribution >= 4 is 54.6 Å². The molecule has 1 amide bonds.